The molecule has 0 bridgehead atoms. The second kappa shape index (κ2) is 7.71. The fourth-order valence-electron chi connectivity index (χ4n) is 3.56. The Morgan fingerprint density at radius 2 is 2.18 bits per heavy atom. The number of amides is 1. The van der Waals surface area contributed by atoms with E-state index in [1.165, 1.54) is 27.6 Å². The van der Waals surface area contributed by atoms with Crippen molar-refractivity contribution in [3.8, 4) is 11.4 Å². The van der Waals surface area contributed by atoms with Crippen molar-refractivity contribution in [2.24, 2.45) is 0 Å². The first kappa shape index (κ1) is 18.6. The molecule has 0 saturated carbocycles. The van der Waals surface area contributed by atoms with E-state index in [1.54, 1.807) is 12.3 Å². The van der Waals surface area contributed by atoms with Crippen LogP contribution in [0.15, 0.2) is 46.2 Å². The zero-order valence-corrected chi connectivity index (χ0v) is 16.7. The number of aromatic nitrogens is 3. The third-order valence-corrected chi connectivity index (χ3v) is 6.16. The largest absolute Gasteiger partial charge is 0.469 e. The molecule has 0 fully saturated rings. The molecule has 4 rings (SSSR count). The molecule has 1 aliphatic rings. The molecule has 0 radical (unpaired) electrons. The lowest BCUT2D eigenvalue weighted by atomic mass is 9.88. The van der Waals surface area contributed by atoms with Gasteiger partial charge in [-0.1, -0.05) is 36.0 Å². The second-order valence-electron chi connectivity index (χ2n) is 6.98. The summed E-state index contributed by atoms with van der Waals surface area (Å²) in [4.78, 5) is 12.8. The summed E-state index contributed by atoms with van der Waals surface area (Å²) in [7, 11) is 0. The van der Waals surface area contributed by atoms with Crippen LogP contribution in [0.3, 0.4) is 0 Å². The van der Waals surface area contributed by atoms with Crippen molar-refractivity contribution in [1.29, 1.82) is 0 Å². The highest BCUT2D eigenvalue weighted by molar-refractivity contribution is 8.00. The van der Waals surface area contributed by atoms with Gasteiger partial charge in [-0.05, 0) is 50.3 Å². The summed E-state index contributed by atoms with van der Waals surface area (Å²) in [5, 5.41) is 11.6. The average Bonchev–Trinajstić information content (AvgIpc) is 3.27. The summed E-state index contributed by atoms with van der Waals surface area (Å²) in [5.74, 6) is 7.36. The van der Waals surface area contributed by atoms with Gasteiger partial charge in [-0.3, -0.25) is 4.79 Å². The lowest BCUT2D eigenvalue weighted by molar-refractivity contribution is -0.121. The Labute approximate surface area is 167 Å². The third kappa shape index (κ3) is 3.52. The van der Waals surface area contributed by atoms with Crippen LogP contribution in [0.1, 0.15) is 42.7 Å². The summed E-state index contributed by atoms with van der Waals surface area (Å²) < 4.78 is 6.71. The Balaban J connectivity index is 1.45. The Bertz CT molecular complexity index is 996. The van der Waals surface area contributed by atoms with Crippen LogP contribution in [0, 0.1) is 6.92 Å². The van der Waals surface area contributed by atoms with Crippen molar-refractivity contribution in [2.75, 3.05) is 5.84 Å². The van der Waals surface area contributed by atoms with Crippen LogP contribution >= 0.6 is 11.8 Å². The molecule has 3 aromatic rings. The first-order chi connectivity index (χ1) is 13.5. The van der Waals surface area contributed by atoms with Gasteiger partial charge in [-0.25, -0.2) is 4.68 Å². The number of nitrogen functional groups attached to an aromatic ring is 1. The summed E-state index contributed by atoms with van der Waals surface area (Å²) in [6.45, 7) is 3.70. The first-order valence-electron chi connectivity index (χ1n) is 9.34. The Morgan fingerprint density at radius 1 is 1.36 bits per heavy atom. The average molecular weight is 398 g/mol. The Morgan fingerprint density at radius 3 is 2.96 bits per heavy atom. The molecule has 1 amide bonds. The van der Waals surface area contributed by atoms with Crippen LogP contribution in [0.2, 0.25) is 0 Å². The van der Waals surface area contributed by atoms with Gasteiger partial charge < -0.3 is 15.6 Å². The molecule has 8 heteroatoms. The molecule has 0 spiro atoms. The minimum atomic E-state index is -0.348. The highest BCUT2D eigenvalue weighted by atomic mass is 32.2. The SMILES string of the molecule is Cc1occc1-c1nnc(SC(C)C(=O)NC2CCCc3ccccc32)n1N. The van der Waals surface area contributed by atoms with Gasteiger partial charge in [-0.15, -0.1) is 10.2 Å². The number of thioether (sulfide) groups is 1. The van der Waals surface area contributed by atoms with Crippen molar-refractivity contribution in [2.45, 2.75) is 49.6 Å². The summed E-state index contributed by atoms with van der Waals surface area (Å²) in [5.41, 5.74) is 3.33. The minimum absolute atomic E-state index is 0.0317. The van der Waals surface area contributed by atoms with Crippen molar-refractivity contribution in [1.82, 2.24) is 20.2 Å². The smallest absolute Gasteiger partial charge is 0.233 e. The van der Waals surface area contributed by atoms with Crippen LogP contribution in [0.25, 0.3) is 11.4 Å². The maximum absolute atomic E-state index is 12.8. The fraction of sp³-hybridized carbons (Fsp3) is 0.350. The predicted molar refractivity (Wildman–Crippen MR) is 108 cm³/mol. The van der Waals surface area contributed by atoms with Crippen LogP contribution < -0.4 is 11.2 Å². The number of benzene rings is 1. The van der Waals surface area contributed by atoms with Crippen LogP contribution in [0.4, 0.5) is 0 Å². The second-order valence-corrected chi connectivity index (χ2v) is 8.29. The number of fused-ring (bicyclic) bond motifs is 1. The Kier molecular flexibility index (Phi) is 5.13. The maximum Gasteiger partial charge on any atom is 0.233 e. The van der Waals surface area contributed by atoms with Crippen LogP contribution in [-0.2, 0) is 11.2 Å². The van der Waals surface area contributed by atoms with Crippen molar-refractivity contribution < 1.29 is 9.21 Å². The fourth-order valence-corrected chi connectivity index (χ4v) is 4.34. The van der Waals surface area contributed by atoms with E-state index < -0.39 is 0 Å². The molecule has 2 atom stereocenters. The molecule has 0 aliphatic heterocycles. The van der Waals surface area contributed by atoms with E-state index in [9.17, 15) is 4.79 Å². The summed E-state index contributed by atoms with van der Waals surface area (Å²) in [6, 6.07) is 10.2. The van der Waals surface area contributed by atoms with E-state index in [-0.39, 0.29) is 17.2 Å². The summed E-state index contributed by atoms with van der Waals surface area (Å²) in [6.07, 6.45) is 4.69. The monoisotopic (exact) mass is 397 g/mol. The highest BCUT2D eigenvalue weighted by Crippen LogP contribution is 2.31. The molecule has 0 saturated heterocycles. The van der Waals surface area contributed by atoms with E-state index >= 15 is 0 Å². The number of hydrogen-bond donors (Lipinski definition) is 2. The van der Waals surface area contributed by atoms with E-state index in [0.717, 1.165) is 30.6 Å². The topological polar surface area (TPSA) is 99.0 Å². The predicted octanol–water partition coefficient (Wildman–Crippen LogP) is 3.23. The number of carbonyl (C=O) groups is 1. The molecular formula is C20H23N5O2S. The number of rotatable bonds is 5. The molecule has 2 heterocycles. The molecule has 1 aromatic carbocycles. The zero-order chi connectivity index (χ0) is 19.7. The third-order valence-electron chi connectivity index (χ3n) is 5.10. The van der Waals surface area contributed by atoms with Gasteiger partial charge in [0.05, 0.1) is 23.1 Å². The van der Waals surface area contributed by atoms with Crippen LogP contribution in [0.5, 0.6) is 0 Å². The van der Waals surface area contributed by atoms with Gasteiger partial charge in [0.1, 0.15) is 5.76 Å². The van der Waals surface area contributed by atoms with Gasteiger partial charge in [0, 0.05) is 0 Å². The number of nitrogens with zero attached hydrogens (tertiary/aromatic N) is 3. The molecular weight excluding hydrogens is 374 g/mol. The van der Waals surface area contributed by atoms with Crippen molar-refractivity contribution >= 4 is 17.7 Å². The number of aryl methyl sites for hydroxylation is 2. The van der Waals surface area contributed by atoms with E-state index in [2.05, 4.69) is 33.7 Å². The molecule has 3 N–H and O–H groups in total. The van der Waals surface area contributed by atoms with Crippen molar-refractivity contribution in [3.05, 3.63) is 53.5 Å². The molecule has 2 aromatic heterocycles. The zero-order valence-electron chi connectivity index (χ0n) is 15.9. The van der Waals surface area contributed by atoms with Gasteiger partial charge in [0.2, 0.25) is 11.1 Å². The minimum Gasteiger partial charge on any atom is -0.469 e. The standard InChI is InChI=1S/C20H23N5O2S/c1-12-15(10-11-27-12)18-23-24-20(25(18)21)28-13(2)19(26)22-17-9-5-7-14-6-3-4-8-16(14)17/h3-4,6,8,10-11,13,17H,5,7,9,21H2,1-2H3,(H,22,26). The molecule has 1 aliphatic carbocycles. The van der Waals surface area contributed by atoms with Gasteiger partial charge >= 0.3 is 0 Å². The van der Waals surface area contributed by atoms with E-state index in [0.29, 0.717) is 11.0 Å². The number of nitrogens with one attached hydrogen (secondary N) is 1. The normalized spacial score (nSPS) is 17.1. The molecule has 7 nitrogen and oxygen atoms in total. The number of nitrogens with two attached hydrogens (primary N) is 1. The Hall–Kier alpha value is -2.74. The van der Waals surface area contributed by atoms with Crippen molar-refractivity contribution in [3.63, 3.8) is 0 Å². The number of hydrogen-bond acceptors (Lipinski definition) is 6. The number of furan rings is 1. The maximum atomic E-state index is 12.8. The molecule has 146 valence electrons. The molecule has 2 unspecified atom stereocenters. The van der Waals surface area contributed by atoms with Gasteiger partial charge in [-0.2, -0.15) is 0 Å². The number of carbonyl (C=O) groups excluding carboxylic acids is 1. The van der Waals surface area contributed by atoms with Gasteiger partial charge in [0.25, 0.3) is 0 Å². The first-order valence-corrected chi connectivity index (χ1v) is 10.2. The molecule has 28 heavy (non-hydrogen) atoms. The van der Waals surface area contributed by atoms with Crippen LogP contribution in [-0.4, -0.2) is 26.0 Å². The van der Waals surface area contributed by atoms with Gasteiger partial charge in [0.15, 0.2) is 5.82 Å². The lowest BCUT2D eigenvalue weighted by Crippen LogP contribution is -2.36. The highest BCUT2D eigenvalue weighted by Gasteiger charge is 2.26. The van der Waals surface area contributed by atoms with E-state index in [1.807, 2.05) is 19.9 Å². The summed E-state index contributed by atoms with van der Waals surface area (Å²) >= 11 is 1.29. The quantitative estimate of drug-likeness (QED) is 0.507. The lowest BCUT2D eigenvalue weighted by Gasteiger charge is -2.27. The van der Waals surface area contributed by atoms with E-state index in [4.69, 9.17) is 10.3 Å².